The maximum absolute atomic E-state index is 12.3. The van der Waals surface area contributed by atoms with Crippen LogP contribution in [0.2, 0.25) is 0 Å². The van der Waals surface area contributed by atoms with Crippen molar-refractivity contribution in [2.45, 2.75) is 44.8 Å². The van der Waals surface area contributed by atoms with Crippen molar-refractivity contribution >= 4 is 21.4 Å². The SMILES string of the molecule is Cc1sc(CNC(C)C)cc1S(=O)(=O)NCc1ncn[nH]1. The van der Waals surface area contributed by atoms with Gasteiger partial charge in [0.1, 0.15) is 12.2 Å². The molecule has 0 aliphatic carbocycles. The lowest BCUT2D eigenvalue weighted by Crippen LogP contribution is -2.24. The molecule has 0 aliphatic heterocycles. The molecule has 2 aromatic heterocycles. The average molecular weight is 329 g/mol. The average Bonchev–Trinajstić information content (AvgIpc) is 3.03. The highest BCUT2D eigenvalue weighted by molar-refractivity contribution is 7.89. The third-order valence-corrected chi connectivity index (χ3v) is 5.50. The molecule has 9 heteroatoms. The zero-order chi connectivity index (χ0) is 15.5. The van der Waals surface area contributed by atoms with E-state index in [-0.39, 0.29) is 6.54 Å². The fourth-order valence-electron chi connectivity index (χ4n) is 1.74. The van der Waals surface area contributed by atoms with Gasteiger partial charge >= 0.3 is 0 Å². The first-order chi connectivity index (χ1) is 9.88. The molecule has 2 heterocycles. The van der Waals surface area contributed by atoms with Crippen LogP contribution in [0.25, 0.3) is 0 Å². The topological polar surface area (TPSA) is 99.8 Å². The van der Waals surface area contributed by atoms with Gasteiger partial charge in [-0.15, -0.1) is 11.3 Å². The van der Waals surface area contributed by atoms with Gasteiger partial charge in [0.15, 0.2) is 0 Å². The molecule has 0 saturated heterocycles. The Bertz CT molecular complexity index is 677. The molecule has 0 spiro atoms. The number of sulfonamides is 1. The summed E-state index contributed by atoms with van der Waals surface area (Å²) in [7, 11) is -3.54. The number of H-pyrrole nitrogens is 1. The Morgan fingerprint density at radius 1 is 1.38 bits per heavy atom. The normalized spacial score (nSPS) is 12.2. The lowest BCUT2D eigenvalue weighted by molar-refractivity contribution is 0.578. The molecule has 0 atom stereocenters. The molecule has 3 N–H and O–H groups in total. The second-order valence-electron chi connectivity index (χ2n) is 4.93. The predicted molar refractivity (Wildman–Crippen MR) is 81.4 cm³/mol. The third-order valence-electron chi connectivity index (χ3n) is 2.79. The van der Waals surface area contributed by atoms with Crippen LogP contribution in [0.4, 0.5) is 0 Å². The van der Waals surface area contributed by atoms with Crippen LogP contribution in [0.15, 0.2) is 17.3 Å². The maximum Gasteiger partial charge on any atom is 0.242 e. The van der Waals surface area contributed by atoms with E-state index >= 15 is 0 Å². The van der Waals surface area contributed by atoms with E-state index in [1.54, 1.807) is 6.07 Å². The van der Waals surface area contributed by atoms with E-state index in [1.807, 2.05) is 6.92 Å². The molecule has 0 aromatic carbocycles. The van der Waals surface area contributed by atoms with Crippen LogP contribution in [0.5, 0.6) is 0 Å². The van der Waals surface area contributed by atoms with Crippen molar-refractivity contribution in [3.8, 4) is 0 Å². The second kappa shape index (κ2) is 6.65. The summed E-state index contributed by atoms with van der Waals surface area (Å²) in [6.07, 6.45) is 1.34. The molecule has 0 aliphatic rings. The number of hydrogen-bond donors (Lipinski definition) is 3. The van der Waals surface area contributed by atoms with Crippen molar-refractivity contribution in [2.75, 3.05) is 0 Å². The predicted octanol–water partition coefficient (Wildman–Crippen LogP) is 1.15. The van der Waals surface area contributed by atoms with E-state index in [2.05, 4.69) is 39.1 Å². The van der Waals surface area contributed by atoms with Gasteiger partial charge in [0.25, 0.3) is 0 Å². The molecule has 2 aromatic rings. The van der Waals surface area contributed by atoms with Gasteiger partial charge in [-0.2, -0.15) is 5.10 Å². The molecule has 2 rings (SSSR count). The van der Waals surface area contributed by atoms with Crippen LogP contribution < -0.4 is 10.0 Å². The van der Waals surface area contributed by atoms with Crippen molar-refractivity contribution in [1.82, 2.24) is 25.2 Å². The van der Waals surface area contributed by atoms with Gasteiger partial charge in [-0.25, -0.2) is 18.1 Å². The Labute approximate surface area is 128 Å². The number of aryl methyl sites for hydroxylation is 1. The Morgan fingerprint density at radius 2 is 2.14 bits per heavy atom. The van der Waals surface area contributed by atoms with Crippen LogP contribution in [-0.4, -0.2) is 29.6 Å². The zero-order valence-corrected chi connectivity index (χ0v) is 13.8. The van der Waals surface area contributed by atoms with Crippen LogP contribution in [0, 0.1) is 6.92 Å². The minimum absolute atomic E-state index is 0.0944. The summed E-state index contributed by atoms with van der Waals surface area (Å²) in [5.74, 6) is 0.480. The van der Waals surface area contributed by atoms with Crippen molar-refractivity contribution in [3.05, 3.63) is 28.0 Å². The Kier molecular flexibility index (Phi) is 5.09. The standard InChI is InChI=1S/C12H19N5O2S2/c1-8(2)13-5-10-4-11(9(3)20-10)21(18,19)16-6-12-14-7-15-17-12/h4,7-8,13,16H,5-6H2,1-3H3,(H,14,15,17). The summed E-state index contributed by atoms with van der Waals surface area (Å²) in [4.78, 5) is 5.99. The van der Waals surface area contributed by atoms with Gasteiger partial charge in [0.2, 0.25) is 10.0 Å². The quantitative estimate of drug-likeness (QED) is 0.707. The van der Waals surface area contributed by atoms with Crippen LogP contribution in [0.3, 0.4) is 0 Å². The number of rotatable bonds is 7. The van der Waals surface area contributed by atoms with Crippen LogP contribution >= 0.6 is 11.3 Å². The fraction of sp³-hybridized carbons (Fsp3) is 0.500. The zero-order valence-electron chi connectivity index (χ0n) is 12.2. The lowest BCUT2D eigenvalue weighted by atomic mass is 10.3. The summed E-state index contributed by atoms with van der Waals surface area (Å²) >= 11 is 1.49. The second-order valence-corrected chi connectivity index (χ2v) is 8.00. The number of thiophene rings is 1. The van der Waals surface area contributed by atoms with Crippen molar-refractivity contribution in [2.24, 2.45) is 0 Å². The van der Waals surface area contributed by atoms with E-state index in [0.29, 0.717) is 23.3 Å². The van der Waals surface area contributed by atoms with Gasteiger partial charge in [-0.05, 0) is 13.0 Å². The van der Waals surface area contributed by atoms with E-state index in [1.165, 1.54) is 17.7 Å². The molecule has 0 saturated carbocycles. The molecule has 0 bridgehead atoms. The number of hydrogen-bond acceptors (Lipinski definition) is 6. The first-order valence-electron chi connectivity index (χ1n) is 6.55. The molecule has 0 unspecified atom stereocenters. The van der Waals surface area contributed by atoms with Gasteiger partial charge < -0.3 is 5.32 Å². The number of nitrogens with zero attached hydrogens (tertiary/aromatic N) is 2. The summed E-state index contributed by atoms with van der Waals surface area (Å²) in [6.45, 7) is 6.68. The minimum Gasteiger partial charge on any atom is -0.310 e. The highest BCUT2D eigenvalue weighted by Gasteiger charge is 2.20. The minimum atomic E-state index is -3.54. The van der Waals surface area contributed by atoms with Gasteiger partial charge in [-0.1, -0.05) is 13.8 Å². The molecule has 116 valence electrons. The van der Waals surface area contributed by atoms with E-state index in [4.69, 9.17) is 0 Å². The van der Waals surface area contributed by atoms with E-state index in [0.717, 1.165) is 9.75 Å². The van der Waals surface area contributed by atoms with Gasteiger partial charge in [0, 0.05) is 22.3 Å². The molecule has 21 heavy (non-hydrogen) atoms. The Morgan fingerprint density at radius 3 is 2.76 bits per heavy atom. The highest BCUT2D eigenvalue weighted by Crippen LogP contribution is 2.25. The van der Waals surface area contributed by atoms with Crippen LogP contribution in [0.1, 0.15) is 29.4 Å². The van der Waals surface area contributed by atoms with E-state index < -0.39 is 10.0 Å². The van der Waals surface area contributed by atoms with E-state index in [9.17, 15) is 8.42 Å². The summed E-state index contributed by atoms with van der Waals surface area (Å²) < 4.78 is 27.1. The summed E-state index contributed by atoms with van der Waals surface area (Å²) in [5.41, 5.74) is 0. The third kappa shape index (κ3) is 4.34. The molecule has 0 fully saturated rings. The molecular formula is C12H19N5O2S2. The van der Waals surface area contributed by atoms with Crippen molar-refractivity contribution in [1.29, 1.82) is 0 Å². The number of nitrogens with one attached hydrogen (secondary N) is 3. The lowest BCUT2D eigenvalue weighted by Gasteiger charge is -2.05. The first kappa shape index (κ1) is 16.1. The largest absolute Gasteiger partial charge is 0.310 e. The maximum atomic E-state index is 12.3. The molecular weight excluding hydrogens is 310 g/mol. The summed E-state index contributed by atoms with van der Waals surface area (Å²) in [5, 5.41) is 9.58. The first-order valence-corrected chi connectivity index (χ1v) is 8.85. The van der Waals surface area contributed by atoms with Crippen molar-refractivity contribution < 1.29 is 8.42 Å². The molecule has 0 radical (unpaired) electrons. The highest BCUT2D eigenvalue weighted by atomic mass is 32.2. The monoisotopic (exact) mass is 329 g/mol. The molecule has 7 nitrogen and oxygen atoms in total. The van der Waals surface area contributed by atoms with Gasteiger partial charge in [-0.3, -0.25) is 5.10 Å². The van der Waals surface area contributed by atoms with Crippen molar-refractivity contribution in [3.63, 3.8) is 0 Å². The molecule has 0 amide bonds. The smallest absolute Gasteiger partial charge is 0.242 e. The Hall–Kier alpha value is -1.29. The summed E-state index contributed by atoms with van der Waals surface area (Å²) in [6, 6.07) is 2.08. The van der Waals surface area contributed by atoms with Crippen LogP contribution in [-0.2, 0) is 23.1 Å². The fourth-order valence-corrected chi connectivity index (χ4v) is 4.31. The Balaban J connectivity index is 2.08. The number of aromatic nitrogens is 3. The number of aromatic amines is 1. The van der Waals surface area contributed by atoms with Gasteiger partial charge in [0.05, 0.1) is 11.4 Å².